The van der Waals surface area contributed by atoms with Crippen LogP contribution in [-0.4, -0.2) is 39.7 Å². The maximum absolute atomic E-state index is 10.7. The van der Waals surface area contributed by atoms with Crippen molar-refractivity contribution < 1.29 is 4.92 Å². The van der Waals surface area contributed by atoms with E-state index in [4.69, 9.17) is 5.73 Å². The van der Waals surface area contributed by atoms with Gasteiger partial charge in [0.15, 0.2) is 5.96 Å². The fourth-order valence-electron chi connectivity index (χ4n) is 2.15. The number of thioether (sulfide) groups is 1. The van der Waals surface area contributed by atoms with Crippen molar-refractivity contribution >= 4 is 23.4 Å². The number of benzene rings is 1. The molecule has 1 aromatic heterocycles. The number of aromatic amines is 1. The minimum Gasteiger partial charge on any atom is -0.370 e. The second-order valence-corrected chi connectivity index (χ2v) is 6.46. The molecule has 0 unspecified atom stereocenters. The molecule has 2 aromatic rings. The van der Waals surface area contributed by atoms with Gasteiger partial charge in [0.25, 0.3) is 5.69 Å². The van der Waals surface area contributed by atoms with E-state index in [9.17, 15) is 10.1 Å². The van der Waals surface area contributed by atoms with E-state index in [2.05, 4.69) is 20.3 Å². The van der Waals surface area contributed by atoms with Crippen LogP contribution in [0.4, 0.5) is 5.69 Å². The molecule has 4 N–H and O–H groups in total. The molecule has 8 nitrogen and oxygen atoms in total. The standard InChI is InChI=1S/C16H22N6O2S/c17-16(19-6-2-4-14-10-18-12-21-14)20-7-8-25-11-13-3-1-5-15(9-13)22(23)24/h1,3,5,9-10,12H,2,4,6-8,11H2,(H,18,21)(H3,17,19,20). The number of nitro benzene ring substituents is 1. The van der Waals surface area contributed by atoms with Crippen LogP contribution in [0, 0.1) is 10.1 Å². The third-order valence-electron chi connectivity index (χ3n) is 3.38. The fourth-order valence-corrected chi connectivity index (χ4v) is 2.95. The molecule has 0 aliphatic carbocycles. The molecule has 25 heavy (non-hydrogen) atoms. The highest BCUT2D eigenvalue weighted by atomic mass is 32.2. The number of non-ortho nitro benzene ring substituents is 1. The predicted molar refractivity (Wildman–Crippen MR) is 101 cm³/mol. The smallest absolute Gasteiger partial charge is 0.269 e. The first-order chi connectivity index (χ1) is 12.1. The van der Waals surface area contributed by atoms with Crippen LogP contribution in [0.25, 0.3) is 0 Å². The van der Waals surface area contributed by atoms with E-state index in [1.807, 2.05) is 12.3 Å². The normalized spacial score (nSPS) is 11.4. The first-order valence-electron chi connectivity index (χ1n) is 7.97. The summed E-state index contributed by atoms with van der Waals surface area (Å²) in [5.74, 6) is 2.01. The second kappa shape index (κ2) is 10.3. The van der Waals surface area contributed by atoms with Crippen molar-refractivity contribution in [3.8, 4) is 0 Å². The van der Waals surface area contributed by atoms with Gasteiger partial charge in [0.05, 0.1) is 11.3 Å². The highest BCUT2D eigenvalue weighted by Gasteiger charge is 2.05. The molecule has 0 radical (unpaired) electrons. The zero-order valence-corrected chi connectivity index (χ0v) is 14.7. The van der Waals surface area contributed by atoms with Crippen molar-refractivity contribution in [2.24, 2.45) is 10.7 Å². The van der Waals surface area contributed by atoms with E-state index in [1.54, 1.807) is 30.2 Å². The summed E-state index contributed by atoms with van der Waals surface area (Å²) in [5, 5.41) is 13.8. The van der Waals surface area contributed by atoms with Crippen LogP contribution < -0.4 is 11.1 Å². The average molecular weight is 362 g/mol. The first-order valence-corrected chi connectivity index (χ1v) is 9.13. The zero-order valence-electron chi connectivity index (χ0n) is 13.9. The Hall–Kier alpha value is -2.55. The Kier molecular flexibility index (Phi) is 7.77. The first kappa shape index (κ1) is 18.8. The van der Waals surface area contributed by atoms with Gasteiger partial charge >= 0.3 is 0 Å². The van der Waals surface area contributed by atoms with Gasteiger partial charge in [-0.15, -0.1) is 0 Å². The number of rotatable bonds is 10. The summed E-state index contributed by atoms with van der Waals surface area (Å²) in [7, 11) is 0. The largest absolute Gasteiger partial charge is 0.370 e. The summed E-state index contributed by atoms with van der Waals surface area (Å²) in [6.45, 7) is 1.37. The molecule has 0 saturated heterocycles. The molecule has 1 aromatic carbocycles. The molecule has 0 aliphatic heterocycles. The lowest BCUT2D eigenvalue weighted by Crippen LogP contribution is -2.33. The van der Waals surface area contributed by atoms with Crippen LogP contribution in [-0.2, 0) is 12.2 Å². The number of H-pyrrole nitrogens is 1. The number of nitro groups is 1. The number of aliphatic imine (C=N–C) groups is 1. The Labute approximate surface area is 150 Å². The third kappa shape index (κ3) is 7.25. The number of hydrogen-bond donors (Lipinski definition) is 3. The molecule has 9 heteroatoms. The van der Waals surface area contributed by atoms with Gasteiger partial charge in [-0.25, -0.2) is 4.98 Å². The number of imidazole rings is 1. The lowest BCUT2D eigenvalue weighted by Gasteiger charge is -2.06. The Bertz CT molecular complexity index is 690. The summed E-state index contributed by atoms with van der Waals surface area (Å²) >= 11 is 1.69. The Morgan fingerprint density at radius 3 is 3.12 bits per heavy atom. The van der Waals surface area contributed by atoms with Gasteiger partial charge in [-0.1, -0.05) is 12.1 Å². The molecule has 0 saturated carbocycles. The lowest BCUT2D eigenvalue weighted by atomic mass is 10.2. The number of aryl methyl sites for hydroxylation is 1. The summed E-state index contributed by atoms with van der Waals surface area (Å²) in [6, 6.07) is 6.71. The van der Waals surface area contributed by atoms with Crippen LogP contribution in [0.1, 0.15) is 17.7 Å². The molecule has 0 atom stereocenters. The number of nitrogens with two attached hydrogens (primary N) is 1. The predicted octanol–water partition coefficient (Wildman–Crippen LogP) is 2.09. The quantitative estimate of drug-likeness (QED) is 0.196. The van der Waals surface area contributed by atoms with Gasteiger partial charge in [-0.2, -0.15) is 11.8 Å². The van der Waals surface area contributed by atoms with Gasteiger partial charge < -0.3 is 16.0 Å². The van der Waals surface area contributed by atoms with Gasteiger partial charge in [-0.05, 0) is 18.4 Å². The molecule has 0 fully saturated rings. The van der Waals surface area contributed by atoms with Crippen LogP contribution in [0.3, 0.4) is 0 Å². The maximum atomic E-state index is 10.7. The Balaban J connectivity index is 1.56. The lowest BCUT2D eigenvalue weighted by molar-refractivity contribution is -0.384. The van der Waals surface area contributed by atoms with E-state index in [-0.39, 0.29) is 10.6 Å². The van der Waals surface area contributed by atoms with Crippen LogP contribution >= 0.6 is 11.8 Å². The van der Waals surface area contributed by atoms with Crippen LogP contribution in [0.2, 0.25) is 0 Å². The number of guanidine groups is 1. The number of nitrogens with zero attached hydrogens (tertiary/aromatic N) is 3. The summed E-state index contributed by atoms with van der Waals surface area (Å²) in [6.07, 6.45) is 5.28. The molecular weight excluding hydrogens is 340 g/mol. The molecule has 0 bridgehead atoms. The van der Waals surface area contributed by atoms with Gasteiger partial charge in [0.2, 0.25) is 0 Å². The number of aromatic nitrogens is 2. The maximum Gasteiger partial charge on any atom is 0.269 e. The summed E-state index contributed by atoms with van der Waals surface area (Å²) < 4.78 is 0. The highest BCUT2D eigenvalue weighted by Crippen LogP contribution is 2.17. The van der Waals surface area contributed by atoms with Crippen molar-refractivity contribution in [1.82, 2.24) is 15.3 Å². The van der Waals surface area contributed by atoms with Gasteiger partial charge in [0, 0.05) is 48.6 Å². The average Bonchev–Trinajstić information content (AvgIpc) is 3.12. The molecular formula is C16H22N6O2S. The minimum absolute atomic E-state index is 0.128. The minimum atomic E-state index is -0.376. The van der Waals surface area contributed by atoms with Crippen molar-refractivity contribution in [2.75, 3.05) is 18.8 Å². The zero-order chi connectivity index (χ0) is 17.9. The molecule has 0 spiro atoms. The van der Waals surface area contributed by atoms with E-state index in [0.717, 1.165) is 35.6 Å². The van der Waals surface area contributed by atoms with E-state index < -0.39 is 0 Å². The van der Waals surface area contributed by atoms with Crippen molar-refractivity contribution in [3.05, 3.63) is 58.2 Å². The Morgan fingerprint density at radius 2 is 2.36 bits per heavy atom. The van der Waals surface area contributed by atoms with E-state index in [0.29, 0.717) is 19.0 Å². The molecule has 1 heterocycles. The number of hydrogen-bond acceptors (Lipinski definition) is 5. The third-order valence-corrected chi connectivity index (χ3v) is 4.41. The van der Waals surface area contributed by atoms with Gasteiger partial charge in [0.1, 0.15) is 0 Å². The van der Waals surface area contributed by atoms with E-state index in [1.165, 1.54) is 6.07 Å². The summed E-state index contributed by atoms with van der Waals surface area (Å²) in [4.78, 5) is 21.7. The Morgan fingerprint density at radius 1 is 1.48 bits per heavy atom. The SMILES string of the molecule is NC(=NCCCc1cnc[nH]1)NCCSCc1cccc([N+](=O)[O-])c1. The molecule has 2 rings (SSSR count). The van der Waals surface area contributed by atoms with Crippen LogP contribution in [0.15, 0.2) is 41.8 Å². The fraction of sp³-hybridized carbons (Fsp3) is 0.375. The molecule has 0 amide bonds. The number of nitrogens with one attached hydrogen (secondary N) is 2. The summed E-state index contributed by atoms with van der Waals surface area (Å²) in [5.41, 5.74) is 7.98. The molecule has 0 aliphatic rings. The van der Waals surface area contributed by atoms with Crippen molar-refractivity contribution in [2.45, 2.75) is 18.6 Å². The topological polar surface area (TPSA) is 122 Å². The van der Waals surface area contributed by atoms with Gasteiger partial charge in [-0.3, -0.25) is 15.1 Å². The van der Waals surface area contributed by atoms with Crippen molar-refractivity contribution in [3.63, 3.8) is 0 Å². The second-order valence-electron chi connectivity index (χ2n) is 5.35. The van der Waals surface area contributed by atoms with E-state index >= 15 is 0 Å². The molecule has 134 valence electrons. The highest BCUT2D eigenvalue weighted by molar-refractivity contribution is 7.98. The van der Waals surface area contributed by atoms with Crippen molar-refractivity contribution in [1.29, 1.82) is 0 Å². The monoisotopic (exact) mass is 362 g/mol. The van der Waals surface area contributed by atoms with Crippen LogP contribution in [0.5, 0.6) is 0 Å².